The highest BCUT2D eigenvalue weighted by Crippen LogP contribution is 2.70. The fourth-order valence-electron chi connectivity index (χ4n) is 7.63. The largest absolute Gasteiger partial charge is 0.494 e. The van der Waals surface area contributed by atoms with Gasteiger partial charge in [0.2, 0.25) is 0 Å². The molecule has 174 valence electrons. The Labute approximate surface area is 192 Å². The van der Waals surface area contributed by atoms with E-state index in [9.17, 15) is 0 Å². The molecule has 0 N–H and O–H groups in total. The first-order valence-corrected chi connectivity index (χ1v) is 12.7. The van der Waals surface area contributed by atoms with Crippen molar-refractivity contribution >= 4 is 0 Å². The van der Waals surface area contributed by atoms with Crippen LogP contribution in [0.15, 0.2) is 24.0 Å². The Morgan fingerprint density at radius 1 is 1.09 bits per heavy atom. The molecule has 2 bridgehead atoms. The SMILES string of the molecule is CCOC1=CC[C@@]2(OCC)[C@H]3Cc4ccc(OCC)c5c4[C@@]2(CCN3CC2CC2)[C@@]1(C)O5. The molecule has 2 fully saturated rings. The quantitative estimate of drug-likeness (QED) is 0.591. The van der Waals surface area contributed by atoms with Gasteiger partial charge in [0.1, 0.15) is 11.4 Å². The van der Waals surface area contributed by atoms with Crippen molar-refractivity contribution in [2.75, 3.05) is 32.9 Å². The highest BCUT2D eigenvalue weighted by Gasteiger charge is 2.77. The number of benzene rings is 1. The summed E-state index contributed by atoms with van der Waals surface area (Å²) in [5.41, 5.74) is 1.58. The summed E-state index contributed by atoms with van der Waals surface area (Å²) < 4.78 is 26.3. The van der Waals surface area contributed by atoms with Crippen molar-refractivity contribution in [2.24, 2.45) is 5.92 Å². The average molecular weight is 440 g/mol. The predicted octanol–water partition coefficient (Wildman–Crippen LogP) is 4.61. The van der Waals surface area contributed by atoms with Crippen molar-refractivity contribution < 1.29 is 18.9 Å². The lowest BCUT2D eigenvalue weighted by Crippen LogP contribution is -2.79. The lowest BCUT2D eigenvalue weighted by molar-refractivity contribution is -0.219. The van der Waals surface area contributed by atoms with Gasteiger partial charge in [-0.3, -0.25) is 4.90 Å². The molecule has 2 heterocycles. The third-order valence-corrected chi connectivity index (χ3v) is 8.90. The minimum Gasteiger partial charge on any atom is -0.494 e. The summed E-state index contributed by atoms with van der Waals surface area (Å²) in [6.07, 6.45) is 7.95. The molecule has 32 heavy (non-hydrogen) atoms. The van der Waals surface area contributed by atoms with Crippen molar-refractivity contribution in [3.8, 4) is 11.5 Å². The summed E-state index contributed by atoms with van der Waals surface area (Å²) >= 11 is 0. The monoisotopic (exact) mass is 439 g/mol. The van der Waals surface area contributed by atoms with Gasteiger partial charge >= 0.3 is 0 Å². The lowest BCUT2D eigenvalue weighted by Gasteiger charge is -2.66. The minimum absolute atomic E-state index is 0.268. The number of hydrogen-bond acceptors (Lipinski definition) is 5. The molecular formula is C27H37NO4. The first-order valence-electron chi connectivity index (χ1n) is 12.7. The van der Waals surface area contributed by atoms with Gasteiger partial charge in [-0.2, -0.15) is 0 Å². The average Bonchev–Trinajstić information content (AvgIpc) is 3.54. The summed E-state index contributed by atoms with van der Waals surface area (Å²) in [7, 11) is 0. The van der Waals surface area contributed by atoms with Crippen LogP contribution in [0, 0.1) is 5.92 Å². The Bertz CT molecular complexity index is 955. The normalized spacial score (nSPS) is 36.9. The van der Waals surface area contributed by atoms with Crippen LogP contribution < -0.4 is 9.47 Å². The number of likely N-dealkylation sites (tertiary alicyclic amines) is 1. The van der Waals surface area contributed by atoms with Crippen LogP contribution in [0.3, 0.4) is 0 Å². The summed E-state index contributed by atoms with van der Waals surface area (Å²) in [5, 5.41) is 0. The van der Waals surface area contributed by atoms with Crippen LogP contribution in [0.5, 0.6) is 11.5 Å². The van der Waals surface area contributed by atoms with Crippen molar-refractivity contribution in [3.63, 3.8) is 0 Å². The Kier molecular flexibility index (Phi) is 4.65. The Morgan fingerprint density at radius 3 is 2.62 bits per heavy atom. The van der Waals surface area contributed by atoms with E-state index in [0.717, 1.165) is 49.0 Å². The van der Waals surface area contributed by atoms with E-state index in [2.05, 4.69) is 43.9 Å². The molecule has 5 nitrogen and oxygen atoms in total. The number of nitrogens with zero attached hydrogens (tertiary/aromatic N) is 1. The maximum atomic E-state index is 7.00. The number of rotatable bonds is 8. The molecule has 0 radical (unpaired) electrons. The smallest absolute Gasteiger partial charge is 0.175 e. The van der Waals surface area contributed by atoms with Gasteiger partial charge in [-0.15, -0.1) is 0 Å². The van der Waals surface area contributed by atoms with Crippen molar-refractivity contribution in [2.45, 2.75) is 82.5 Å². The molecule has 0 unspecified atom stereocenters. The third-order valence-electron chi connectivity index (χ3n) is 8.90. The summed E-state index contributed by atoms with van der Waals surface area (Å²) in [4.78, 5) is 2.76. The van der Waals surface area contributed by atoms with E-state index >= 15 is 0 Å². The molecule has 5 aliphatic rings. The molecule has 4 atom stereocenters. The molecule has 1 saturated carbocycles. The molecule has 0 amide bonds. The zero-order chi connectivity index (χ0) is 22.1. The van der Waals surface area contributed by atoms with Crippen LogP contribution in [0.1, 0.15) is 64.5 Å². The fraction of sp³-hybridized carbons (Fsp3) is 0.704. The first kappa shape index (κ1) is 20.9. The van der Waals surface area contributed by atoms with Gasteiger partial charge in [-0.05, 0) is 83.5 Å². The summed E-state index contributed by atoms with van der Waals surface area (Å²) in [5.74, 6) is 3.62. The van der Waals surface area contributed by atoms with Crippen LogP contribution in [-0.4, -0.2) is 55.1 Å². The van der Waals surface area contributed by atoms with Gasteiger partial charge < -0.3 is 18.9 Å². The number of ether oxygens (including phenoxy) is 4. The molecule has 6 rings (SSSR count). The highest BCUT2D eigenvalue weighted by molar-refractivity contribution is 5.66. The van der Waals surface area contributed by atoms with Crippen molar-refractivity contribution in [1.29, 1.82) is 0 Å². The second-order valence-electron chi connectivity index (χ2n) is 10.3. The maximum absolute atomic E-state index is 7.00. The van der Waals surface area contributed by atoms with Crippen molar-refractivity contribution in [3.05, 3.63) is 35.1 Å². The number of hydrogen-bond donors (Lipinski definition) is 0. The van der Waals surface area contributed by atoms with E-state index in [-0.39, 0.29) is 11.0 Å². The van der Waals surface area contributed by atoms with Crippen LogP contribution in [0.2, 0.25) is 0 Å². The van der Waals surface area contributed by atoms with Crippen LogP contribution in [0.25, 0.3) is 0 Å². The molecule has 1 spiro atoms. The van der Waals surface area contributed by atoms with Gasteiger partial charge in [0, 0.05) is 31.2 Å². The van der Waals surface area contributed by atoms with Crippen molar-refractivity contribution in [1.82, 2.24) is 4.90 Å². The van der Waals surface area contributed by atoms with Gasteiger partial charge in [0.25, 0.3) is 0 Å². The lowest BCUT2D eigenvalue weighted by atomic mass is 9.46. The molecule has 1 saturated heterocycles. The zero-order valence-corrected chi connectivity index (χ0v) is 20.0. The van der Waals surface area contributed by atoms with Crippen LogP contribution in [-0.2, 0) is 21.3 Å². The second-order valence-corrected chi connectivity index (χ2v) is 10.3. The molecule has 5 heteroatoms. The predicted molar refractivity (Wildman–Crippen MR) is 123 cm³/mol. The molecule has 1 aromatic rings. The summed E-state index contributed by atoms with van der Waals surface area (Å²) in [6.45, 7) is 12.8. The van der Waals surface area contributed by atoms with E-state index < -0.39 is 5.60 Å². The Hall–Kier alpha value is -1.72. The topological polar surface area (TPSA) is 40.2 Å². The van der Waals surface area contributed by atoms with E-state index in [4.69, 9.17) is 18.9 Å². The first-order chi connectivity index (χ1) is 15.5. The van der Waals surface area contributed by atoms with Gasteiger partial charge in [-0.1, -0.05) is 6.07 Å². The second kappa shape index (κ2) is 7.14. The van der Waals surface area contributed by atoms with Gasteiger partial charge in [-0.25, -0.2) is 0 Å². The fourth-order valence-corrected chi connectivity index (χ4v) is 7.63. The third kappa shape index (κ3) is 2.42. The Morgan fingerprint density at radius 2 is 1.91 bits per heavy atom. The van der Waals surface area contributed by atoms with E-state index in [0.29, 0.717) is 25.9 Å². The minimum atomic E-state index is -0.592. The standard InChI is InChI=1S/C27H37NO4/c1-5-29-20-11-10-19-16-21-27(31-7-3)13-12-22(30-6-2)25(4)26(27,23(19)24(20)32-25)14-15-28(21)17-18-8-9-18/h10-12,18,21H,5-9,13-17H2,1-4H3/t21-,25+,26+,27-/m1/s1. The van der Waals surface area contributed by atoms with Gasteiger partial charge in [0.05, 0.1) is 18.6 Å². The number of piperidine rings is 1. The van der Waals surface area contributed by atoms with E-state index in [1.165, 1.54) is 30.5 Å². The van der Waals surface area contributed by atoms with Gasteiger partial charge in [0.15, 0.2) is 17.1 Å². The molecular weight excluding hydrogens is 402 g/mol. The molecule has 2 aliphatic heterocycles. The molecule has 3 aliphatic carbocycles. The summed E-state index contributed by atoms with van der Waals surface area (Å²) in [6, 6.07) is 4.77. The molecule has 1 aromatic carbocycles. The maximum Gasteiger partial charge on any atom is 0.175 e. The van der Waals surface area contributed by atoms with E-state index in [1.807, 2.05) is 6.92 Å². The molecule has 0 aromatic heterocycles. The Balaban J connectivity index is 1.60. The van der Waals surface area contributed by atoms with Crippen LogP contribution >= 0.6 is 0 Å². The highest BCUT2D eigenvalue weighted by atomic mass is 16.6. The van der Waals surface area contributed by atoms with E-state index in [1.54, 1.807) is 0 Å². The van der Waals surface area contributed by atoms with Crippen LogP contribution in [0.4, 0.5) is 0 Å². The zero-order valence-electron chi connectivity index (χ0n) is 20.0.